The zero-order valence-corrected chi connectivity index (χ0v) is 29.8. The second-order valence-corrected chi connectivity index (χ2v) is 16.0. The molecular formula is C49H49N. The van der Waals surface area contributed by atoms with Crippen molar-refractivity contribution in [1.82, 2.24) is 0 Å². The van der Waals surface area contributed by atoms with Crippen molar-refractivity contribution < 1.29 is 0 Å². The molecule has 1 heteroatoms. The third-order valence-electron chi connectivity index (χ3n) is 13.0. The number of benzene rings is 3. The minimum Gasteiger partial charge on any atom is -0.334 e. The highest BCUT2D eigenvalue weighted by Crippen LogP contribution is 2.57. The Morgan fingerprint density at radius 3 is 2.36 bits per heavy atom. The lowest BCUT2D eigenvalue weighted by Gasteiger charge is -2.41. The van der Waals surface area contributed by atoms with Gasteiger partial charge in [-0.05, 0) is 112 Å². The molecule has 0 spiro atoms. The van der Waals surface area contributed by atoms with Crippen LogP contribution in [-0.4, -0.2) is 6.04 Å². The van der Waals surface area contributed by atoms with E-state index in [1.54, 1.807) is 16.7 Å². The van der Waals surface area contributed by atoms with Gasteiger partial charge in [-0.25, -0.2) is 0 Å². The monoisotopic (exact) mass is 651 g/mol. The fourth-order valence-corrected chi connectivity index (χ4v) is 10.2. The van der Waals surface area contributed by atoms with E-state index in [2.05, 4.69) is 177 Å². The van der Waals surface area contributed by atoms with Gasteiger partial charge in [0.25, 0.3) is 0 Å². The van der Waals surface area contributed by atoms with Crippen molar-refractivity contribution in [3.05, 3.63) is 185 Å². The second kappa shape index (κ2) is 12.6. The maximum absolute atomic E-state index is 2.57. The average molecular weight is 652 g/mol. The van der Waals surface area contributed by atoms with Gasteiger partial charge in [-0.1, -0.05) is 154 Å². The first-order valence-electron chi connectivity index (χ1n) is 19.0. The van der Waals surface area contributed by atoms with Gasteiger partial charge < -0.3 is 4.90 Å². The Labute approximate surface area is 299 Å². The van der Waals surface area contributed by atoms with Crippen molar-refractivity contribution in [2.75, 3.05) is 4.90 Å². The Bertz CT molecular complexity index is 2040. The maximum Gasteiger partial charge on any atom is 0.0560 e. The summed E-state index contributed by atoms with van der Waals surface area (Å²) >= 11 is 0. The van der Waals surface area contributed by atoms with Gasteiger partial charge in [0.05, 0.1) is 6.04 Å². The lowest BCUT2D eigenvalue weighted by molar-refractivity contribution is 0.348. The molecule has 0 fully saturated rings. The lowest BCUT2D eigenvalue weighted by Crippen LogP contribution is -2.31. The molecule has 0 N–H and O–H groups in total. The van der Waals surface area contributed by atoms with E-state index in [-0.39, 0.29) is 11.5 Å². The number of anilines is 2. The summed E-state index contributed by atoms with van der Waals surface area (Å²) in [5.41, 5.74) is 13.2. The molecule has 0 bridgehead atoms. The number of hydrogen-bond acceptors (Lipinski definition) is 1. The molecule has 0 heterocycles. The van der Waals surface area contributed by atoms with Crippen molar-refractivity contribution in [2.45, 2.75) is 69.7 Å². The van der Waals surface area contributed by atoms with Crippen LogP contribution >= 0.6 is 0 Å². The first kappa shape index (κ1) is 31.4. The van der Waals surface area contributed by atoms with Crippen LogP contribution in [-0.2, 0) is 5.41 Å². The van der Waals surface area contributed by atoms with E-state index in [9.17, 15) is 0 Å². The van der Waals surface area contributed by atoms with E-state index in [0.29, 0.717) is 35.5 Å². The largest absolute Gasteiger partial charge is 0.334 e. The third-order valence-corrected chi connectivity index (χ3v) is 13.0. The van der Waals surface area contributed by atoms with Gasteiger partial charge in [-0.3, -0.25) is 0 Å². The standard InChI is InChI=1S/C49H49N/c1-33(46-30-37-16-10-11-19-41(37)42-20-12-13-21-43(42)46)36-24-28-44-45-29-27-40(32-48(45)49(2,3)47(44)31-36)50(38-17-8-5-9-18-38)39-25-22-35(23-26-39)34-14-6-4-7-15-34/h4-14,16-25,27-29,32-34,37,39,41,46-47H,15,26,30-31H2,1-3H3. The normalized spacial score (nSPS) is 28.8. The molecular weight excluding hydrogens is 603 g/mol. The third kappa shape index (κ3) is 5.29. The molecule has 9 rings (SSSR count). The van der Waals surface area contributed by atoms with Crippen LogP contribution in [0.2, 0.25) is 0 Å². The predicted octanol–water partition coefficient (Wildman–Crippen LogP) is 12.5. The van der Waals surface area contributed by atoms with Gasteiger partial charge in [0.2, 0.25) is 0 Å². The molecule has 0 saturated carbocycles. The predicted molar refractivity (Wildman–Crippen MR) is 212 cm³/mol. The zero-order chi connectivity index (χ0) is 33.8. The van der Waals surface area contributed by atoms with E-state index >= 15 is 0 Å². The fraction of sp³-hybridized carbons (Fsp3) is 0.306. The van der Waals surface area contributed by atoms with Crippen molar-refractivity contribution in [3.63, 3.8) is 0 Å². The topological polar surface area (TPSA) is 3.24 Å². The summed E-state index contributed by atoms with van der Waals surface area (Å²) in [7, 11) is 0. The molecule has 6 aliphatic rings. The molecule has 6 aliphatic carbocycles. The van der Waals surface area contributed by atoms with Crippen molar-refractivity contribution in [1.29, 1.82) is 0 Å². The summed E-state index contributed by atoms with van der Waals surface area (Å²) in [6.07, 6.45) is 35.2. The van der Waals surface area contributed by atoms with E-state index in [0.717, 1.165) is 19.3 Å². The Morgan fingerprint density at radius 2 is 1.56 bits per heavy atom. The van der Waals surface area contributed by atoms with Crippen molar-refractivity contribution in [3.8, 4) is 0 Å². The number of fused-ring (bicyclic) bond motifs is 6. The van der Waals surface area contributed by atoms with Crippen LogP contribution < -0.4 is 4.90 Å². The molecule has 0 aliphatic heterocycles. The molecule has 7 atom stereocenters. The quantitative estimate of drug-likeness (QED) is 0.256. The van der Waals surface area contributed by atoms with Crippen LogP contribution in [0.3, 0.4) is 0 Å². The van der Waals surface area contributed by atoms with Crippen LogP contribution in [0.4, 0.5) is 11.4 Å². The zero-order valence-electron chi connectivity index (χ0n) is 29.8. The first-order valence-corrected chi connectivity index (χ1v) is 19.0. The van der Waals surface area contributed by atoms with Crippen LogP contribution in [0.5, 0.6) is 0 Å². The Hall–Kier alpha value is -4.62. The highest BCUT2D eigenvalue weighted by atomic mass is 15.2. The first-order chi connectivity index (χ1) is 24.5. The minimum atomic E-state index is 0.0432. The average Bonchev–Trinajstić information content (AvgIpc) is 3.40. The summed E-state index contributed by atoms with van der Waals surface area (Å²) in [5.74, 6) is 3.15. The van der Waals surface area contributed by atoms with Crippen LogP contribution in [0.25, 0.3) is 5.57 Å². The number of rotatable bonds is 6. The molecule has 0 radical (unpaired) electrons. The summed E-state index contributed by atoms with van der Waals surface area (Å²) in [4.78, 5) is 2.57. The molecule has 3 aromatic rings. The Morgan fingerprint density at radius 1 is 0.760 bits per heavy atom. The Kier molecular flexibility index (Phi) is 7.91. The molecule has 0 aromatic heterocycles. The highest BCUT2D eigenvalue weighted by molar-refractivity contribution is 5.82. The maximum atomic E-state index is 2.57. The van der Waals surface area contributed by atoms with Gasteiger partial charge in [-0.2, -0.15) is 0 Å². The SMILES string of the molecule is CC(C1=CC=C2c3ccc(N(c4ccccc4)C4C=CC(C5C=CC=CC5)=CC4)cc3C(C)(C)C2C1)C1CC2C=CC=CC2c2ccccc21. The van der Waals surface area contributed by atoms with E-state index < -0.39 is 0 Å². The molecule has 0 saturated heterocycles. The highest BCUT2D eigenvalue weighted by Gasteiger charge is 2.46. The molecule has 3 aromatic carbocycles. The second-order valence-electron chi connectivity index (χ2n) is 16.0. The summed E-state index contributed by atoms with van der Waals surface area (Å²) in [5, 5.41) is 0. The van der Waals surface area contributed by atoms with Gasteiger partial charge in [0.15, 0.2) is 0 Å². The molecule has 7 unspecified atom stereocenters. The van der Waals surface area contributed by atoms with Crippen LogP contribution in [0.15, 0.2) is 163 Å². The van der Waals surface area contributed by atoms with Gasteiger partial charge in [0.1, 0.15) is 0 Å². The smallest absolute Gasteiger partial charge is 0.0560 e. The molecule has 50 heavy (non-hydrogen) atoms. The van der Waals surface area contributed by atoms with Crippen LogP contribution in [0, 0.1) is 23.7 Å². The number of nitrogens with zero attached hydrogens (tertiary/aromatic N) is 1. The van der Waals surface area contributed by atoms with Gasteiger partial charge >= 0.3 is 0 Å². The summed E-state index contributed by atoms with van der Waals surface area (Å²) in [6, 6.07) is 27.9. The van der Waals surface area contributed by atoms with E-state index in [1.807, 2.05) is 0 Å². The molecule has 250 valence electrons. The summed E-state index contributed by atoms with van der Waals surface area (Å²) < 4.78 is 0. The molecule has 0 amide bonds. The Balaban J connectivity index is 1.01. The minimum absolute atomic E-state index is 0.0432. The van der Waals surface area contributed by atoms with Crippen molar-refractivity contribution in [2.24, 2.45) is 23.7 Å². The van der Waals surface area contributed by atoms with Crippen LogP contribution in [0.1, 0.15) is 80.5 Å². The molecule has 1 nitrogen and oxygen atoms in total. The van der Waals surface area contributed by atoms with Gasteiger partial charge in [-0.15, -0.1) is 0 Å². The fourth-order valence-electron chi connectivity index (χ4n) is 10.2. The van der Waals surface area contributed by atoms with E-state index in [4.69, 9.17) is 0 Å². The van der Waals surface area contributed by atoms with Crippen molar-refractivity contribution >= 4 is 16.9 Å². The number of hydrogen-bond donors (Lipinski definition) is 0. The summed E-state index contributed by atoms with van der Waals surface area (Å²) in [6.45, 7) is 7.52. The van der Waals surface area contributed by atoms with E-state index in [1.165, 1.54) is 40.1 Å². The number of allylic oxidation sites excluding steroid dienone is 14. The number of para-hydroxylation sites is 1. The lowest BCUT2D eigenvalue weighted by atomic mass is 9.63. The van der Waals surface area contributed by atoms with Gasteiger partial charge in [0, 0.05) is 23.2 Å².